The molecular weight excluding hydrogens is 292 g/mol. The van der Waals surface area contributed by atoms with Crippen LogP contribution in [0.25, 0.3) is 0 Å². The highest BCUT2D eigenvalue weighted by Crippen LogP contribution is 2.25. The second-order valence-electron chi connectivity index (χ2n) is 4.65. The first-order valence-electron chi connectivity index (χ1n) is 6.90. The summed E-state index contributed by atoms with van der Waals surface area (Å²) in [6.07, 6.45) is 1.83. The summed E-state index contributed by atoms with van der Waals surface area (Å²) >= 11 is 0. The van der Waals surface area contributed by atoms with Gasteiger partial charge in [0, 0.05) is 25.5 Å². The van der Waals surface area contributed by atoms with Crippen LogP contribution in [0.5, 0.6) is 0 Å². The maximum absolute atomic E-state index is 11.4. The number of hydrogen-bond donors (Lipinski definition) is 0. The molecule has 0 saturated carbocycles. The summed E-state index contributed by atoms with van der Waals surface area (Å²) in [6.45, 7) is 6.13. The van der Waals surface area contributed by atoms with Crippen LogP contribution in [0.3, 0.4) is 0 Å². The van der Waals surface area contributed by atoms with Crippen molar-refractivity contribution in [2.75, 3.05) is 6.61 Å². The Kier molecular flexibility index (Phi) is 6.62. The molecule has 0 fully saturated rings. The van der Waals surface area contributed by atoms with Crippen LogP contribution in [0.4, 0.5) is 0 Å². The van der Waals surface area contributed by atoms with Crippen LogP contribution in [0.1, 0.15) is 27.7 Å². The molecule has 0 aromatic rings. The number of hydrogen-bond acceptors (Lipinski definition) is 7. The minimum Gasteiger partial charge on any atom is -0.494 e. The van der Waals surface area contributed by atoms with Crippen molar-refractivity contribution in [2.24, 2.45) is 0 Å². The molecular formula is C15H20O7. The van der Waals surface area contributed by atoms with Crippen molar-refractivity contribution in [3.63, 3.8) is 0 Å². The van der Waals surface area contributed by atoms with Crippen LogP contribution in [-0.4, -0.2) is 42.8 Å². The van der Waals surface area contributed by atoms with Gasteiger partial charge in [-0.05, 0) is 19.9 Å². The SMILES string of the molecule is CCOC(=O)/C=C/C1=CO[C@@H](C)[C@H](OC(C)=O)[C@H]1OC(C)=O. The molecule has 22 heavy (non-hydrogen) atoms. The smallest absolute Gasteiger partial charge is 0.330 e. The molecule has 0 bridgehead atoms. The molecule has 1 rings (SSSR count). The second kappa shape index (κ2) is 8.21. The van der Waals surface area contributed by atoms with E-state index in [0.29, 0.717) is 5.57 Å². The highest BCUT2D eigenvalue weighted by atomic mass is 16.6. The molecule has 0 spiro atoms. The molecule has 0 aliphatic carbocycles. The molecule has 0 saturated heterocycles. The first-order chi connectivity index (χ1) is 10.3. The fourth-order valence-electron chi connectivity index (χ4n) is 1.92. The van der Waals surface area contributed by atoms with E-state index in [1.165, 1.54) is 32.3 Å². The van der Waals surface area contributed by atoms with Gasteiger partial charge in [-0.25, -0.2) is 4.79 Å². The number of esters is 3. The van der Waals surface area contributed by atoms with E-state index < -0.39 is 36.2 Å². The maximum atomic E-state index is 11.4. The van der Waals surface area contributed by atoms with Gasteiger partial charge in [0.1, 0.15) is 6.10 Å². The van der Waals surface area contributed by atoms with Gasteiger partial charge in [0.05, 0.1) is 12.9 Å². The summed E-state index contributed by atoms with van der Waals surface area (Å²) in [5, 5.41) is 0. The van der Waals surface area contributed by atoms with Gasteiger partial charge in [-0.15, -0.1) is 0 Å². The largest absolute Gasteiger partial charge is 0.494 e. The molecule has 0 N–H and O–H groups in total. The molecule has 0 unspecified atom stereocenters. The molecule has 7 nitrogen and oxygen atoms in total. The first-order valence-corrected chi connectivity index (χ1v) is 6.90. The van der Waals surface area contributed by atoms with E-state index >= 15 is 0 Å². The van der Waals surface area contributed by atoms with Crippen molar-refractivity contribution in [1.29, 1.82) is 0 Å². The lowest BCUT2D eigenvalue weighted by molar-refractivity contribution is -0.173. The zero-order valence-electron chi connectivity index (χ0n) is 13.0. The predicted octanol–water partition coefficient (Wildman–Crippen LogP) is 1.27. The number of carbonyl (C=O) groups excluding carboxylic acids is 3. The summed E-state index contributed by atoms with van der Waals surface area (Å²) in [7, 11) is 0. The van der Waals surface area contributed by atoms with Crippen molar-refractivity contribution in [3.8, 4) is 0 Å². The topological polar surface area (TPSA) is 88.1 Å². The lowest BCUT2D eigenvalue weighted by atomic mass is 9.98. The molecule has 0 aromatic carbocycles. The van der Waals surface area contributed by atoms with Gasteiger partial charge < -0.3 is 18.9 Å². The Morgan fingerprint density at radius 3 is 2.41 bits per heavy atom. The minimum atomic E-state index is -0.851. The van der Waals surface area contributed by atoms with Crippen molar-refractivity contribution >= 4 is 17.9 Å². The minimum absolute atomic E-state index is 0.249. The molecule has 1 aliphatic heterocycles. The Balaban J connectivity index is 2.98. The Morgan fingerprint density at radius 2 is 1.86 bits per heavy atom. The monoisotopic (exact) mass is 312 g/mol. The van der Waals surface area contributed by atoms with Crippen molar-refractivity contribution in [1.82, 2.24) is 0 Å². The van der Waals surface area contributed by atoms with Crippen LogP contribution < -0.4 is 0 Å². The fraction of sp³-hybridized carbons (Fsp3) is 0.533. The van der Waals surface area contributed by atoms with Crippen LogP contribution >= 0.6 is 0 Å². The third kappa shape index (κ3) is 5.23. The first kappa shape index (κ1) is 17.7. The Labute approximate surface area is 128 Å². The average Bonchev–Trinajstić information content (AvgIpc) is 2.41. The molecule has 1 heterocycles. The molecule has 1 aliphatic rings. The van der Waals surface area contributed by atoms with E-state index in [0.717, 1.165) is 0 Å². The van der Waals surface area contributed by atoms with E-state index in [9.17, 15) is 14.4 Å². The van der Waals surface area contributed by atoms with E-state index in [4.69, 9.17) is 18.9 Å². The molecule has 0 radical (unpaired) electrons. The highest BCUT2D eigenvalue weighted by molar-refractivity contribution is 5.82. The van der Waals surface area contributed by atoms with Crippen LogP contribution in [0.15, 0.2) is 24.0 Å². The Hall–Kier alpha value is -2.31. The third-order valence-corrected chi connectivity index (χ3v) is 2.80. The summed E-state index contributed by atoms with van der Waals surface area (Å²) in [5.41, 5.74) is 0.396. The summed E-state index contributed by atoms with van der Waals surface area (Å²) in [5.74, 6) is -1.59. The average molecular weight is 312 g/mol. The number of rotatable bonds is 5. The van der Waals surface area contributed by atoms with Gasteiger partial charge in [0.2, 0.25) is 0 Å². The van der Waals surface area contributed by atoms with Gasteiger partial charge in [-0.3, -0.25) is 9.59 Å². The van der Waals surface area contributed by atoms with Gasteiger partial charge in [-0.1, -0.05) is 0 Å². The fourth-order valence-corrected chi connectivity index (χ4v) is 1.92. The summed E-state index contributed by atoms with van der Waals surface area (Å²) in [6, 6.07) is 0. The Morgan fingerprint density at radius 1 is 1.23 bits per heavy atom. The summed E-state index contributed by atoms with van der Waals surface area (Å²) < 4.78 is 20.5. The second-order valence-corrected chi connectivity index (χ2v) is 4.65. The van der Waals surface area contributed by atoms with Crippen molar-refractivity contribution < 1.29 is 33.3 Å². The molecule has 0 amide bonds. The lowest BCUT2D eigenvalue weighted by Crippen LogP contribution is -2.46. The highest BCUT2D eigenvalue weighted by Gasteiger charge is 2.38. The van der Waals surface area contributed by atoms with Crippen LogP contribution in [0, 0.1) is 0 Å². The van der Waals surface area contributed by atoms with E-state index in [2.05, 4.69) is 0 Å². The molecule has 0 aromatic heterocycles. The van der Waals surface area contributed by atoms with Crippen LogP contribution in [0.2, 0.25) is 0 Å². The maximum Gasteiger partial charge on any atom is 0.330 e. The van der Waals surface area contributed by atoms with Gasteiger partial charge in [0.15, 0.2) is 12.2 Å². The van der Waals surface area contributed by atoms with Crippen molar-refractivity contribution in [3.05, 3.63) is 24.0 Å². The van der Waals surface area contributed by atoms with Gasteiger partial charge in [0.25, 0.3) is 0 Å². The van der Waals surface area contributed by atoms with Gasteiger partial charge >= 0.3 is 17.9 Å². The van der Waals surface area contributed by atoms with E-state index in [1.54, 1.807) is 13.8 Å². The molecule has 7 heteroatoms. The van der Waals surface area contributed by atoms with Gasteiger partial charge in [-0.2, -0.15) is 0 Å². The van der Waals surface area contributed by atoms with E-state index in [1.807, 2.05) is 0 Å². The Bertz CT molecular complexity index is 492. The van der Waals surface area contributed by atoms with Crippen molar-refractivity contribution in [2.45, 2.75) is 46.0 Å². The van der Waals surface area contributed by atoms with E-state index in [-0.39, 0.29) is 6.61 Å². The molecule has 3 atom stereocenters. The quantitative estimate of drug-likeness (QED) is 0.429. The summed E-state index contributed by atoms with van der Waals surface area (Å²) in [4.78, 5) is 33.9. The number of ether oxygens (including phenoxy) is 4. The lowest BCUT2D eigenvalue weighted by Gasteiger charge is -2.34. The normalized spacial score (nSPS) is 24.2. The molecule has 122 valence electrons. The number of carbonyl (C=O) groups is 3. The zero-order chi connectivity index (χ0) is 16.7. The predicted molar refractivity (Wildman–Crippen MR) is 75.5 cm³/mol. The van der Waals surface area contributed by atoms with Crippen LogP contribution in [-0.2, 0) is 33.3 Å². The zero-order valence-corrected chi connectivity index (χ0v) is 13.0. The standard InChI is InChI=1S/C15H20O7/c1-5-19-13(18)7-6-12-8-20-9(2)14(21-10(3)16)15(12)22-11(4)17/h6-9,14-15H,5H2,1-4H3/b7-6+/t9-,14-,15-/m0/s1. The third-order valence-electron chi connectivity index (χ3n) is 2.80.